The van der Waals surface area contributed by atoms with Crippen LogP contribution in [0.2, 0.25) is 0 Å². The predicted octanol–water partition coefficient (Wildman–Crippen LogP) is 2.69. The highest BCUT2D eigenvalue weighted by Gasteiger charge is 2.32. The van der Waals surface area contributed by atoms with Crippen LogP contribution in [0.3, 0.4) is 0 Å². The normalized spacial score (nSPS) is 12.1. The molecule has 0 saturated carbocycles. The van der Waals surface area contributed by atoms with Gasteiger partial charge in [-0.25, -0.2) is 8.42 Å². The first-order valence-corrected chi connectivity index (χ1v) is 12.6. The molecule has 184 valence electrons. The number of hydrogen-bond acceptors (Lipinski definition) is 6. The number of carbonyl (C=O) groups excluding carboxylic acids is 2. The number of anilines is 1. The molecule has 11 heteroatoms. The Hall–Kier alpha value is -3.47. The summed E-state index contributed by atoms with van der Waals surface area (Å²) >= 11 is 0. The number of sulfonamides is 1. The first-order chi connectivity index (χ1) is 15.9. The summed E-state index contributed by atoms with van der Waals surface area (Å²) in [6.45, 7) is 4.86. The molecule has 10 nitrogen and oxygen atoms in total. The van der Waals surface area contributed by atoms with Crippen LogP contribution in [0.25, 0.3) is 0 Å². The Labute approximate surface area is 199 Å². The van der Waals surface area contributed by atoms with E-state index in [0.717, 1.165) is 22.2 Å². The first kappa shape index (κ1) is 26.8. The van der Waals surface area contributed by atoms with Crippen molar-refractivity contribution in [2.45, 2.75) is 45.8 Å². The second-order valence-electron chi connectivity index (χ2n) is 8.14. The summed E-state index contributed by atoms with van der Waals surface area (Å²) in [6.07, 6.45) is 1.23. The van der Waals surface area contributed by atoms with Crippen LogP contribution in [-0.4, -0.2) is 54.9 Å². The van der Waals surface area contributed by atoms with E-state index < -0.39 is 33.4 Å². The molecule has 2 aromatic carbocycles. The number of carbonyl (C=O) groups is 2. The van der Waals surface area contributed by atoms with Crippen LogP contribution < -0.4 is 9.62 Å². The molecule has 2 rings (SSSR count). The molecule has 34 heavy (non-hydrogen) atoms. The van der Waals surface area contributed by atoms with Crippen molar-refractivity contribution in [2.24, 2.45) is 0 Å². The topological polar surface area (TPSA) is 130 Å². The van der Waals surface area contributed by atoms with E-state index in [2.05, 4.69) is 5.32 Å². The van der Waals surface area contributed by atoms with Gasteiger partial charge in [0.15, 0.2) is 0 Å². The number of nitrogens with zero attached hydrogens (tertiary/aromatic N) is 3. The fourth-order valence-corrected chi connectivity index (χ4v) is 4.30. The van der Waals surface area contributed by atoms with Crippen LogP contribution in [0, 0.1) is 10.1 Å². The molecule has 0 aliphatic heterocycles. The molecule has 0 spiro atoms. The Kier molecular flexibility index (Phi) is 9.13. The van der Waals surface area contributed by atoms with Gasteiger partial charge < -0.3 is 10.2 Å². The number of amides is 2. The third-order valence-electron chi connectivity index (χ3n) is 5.02. The maximum absolute atomic E-state index is 13.5. The highest BCUT2D eigenvalue weighted by Crippen LogP contribution is 2.24. The van der Waals surface area contributed by atoms with Crippen molar-refractivity contribution in [1.29, 1.82) is 0 Å². The maximum Gasteiger partial charge on any atom is 0.271 e. The molecule has 0 unspecified atom stereocenters. The molecule has 0 bridgehead atoms. The molecule has 0 saturated heterocycles. The number of nitro benzene ring substituents is 1. The van der Waals surface area contributed by atoms with E-state index in [1.165, 1.54) is 23.1 Å². The highest BCUT2D eigenvalue weighted by molar-refractivity contribution is 7.92. The van der Waals surface area contributed by atoms with Gasteiger partial charge in [-0.2, -0.15) is 0 Å². The SMILES string of the molecule is CC[C@H](C(=O)NC(C)C)N(Cc1ccccc1)C(=O)CN(c1cccc([N+](=O)[O-])c1)S(C)(=O)=O. The molecule has 0 heterocycles. The van der Waals surface area contributed by atoms with E-state index in [-0.39, 0.29) is 29.9 Å². The monoisotopic (exact) mass is 490 g/mol. The van der Waals surface area contributed by atoms with Crippen LogP contribution in [0.15, 0.2) is 54.6 Å². The molecule has 0 fully saturated rings. The van der Waals surface area contributed by atoms with E-state index in [1.807, 2.05) is 32.0 Å². The lowest BCUT2D eigenvalue weighted by molar-refractivity contribution is -0.384. The number of benzene rings is 2. The van der Waals surface area contributed by atoms with Gasteiger partial charge in [0, 0.05) is 24.7 Å². The van der Waals surface area contributed by atoms with Crippen LogP contribution in [0.1, 0.15) is 32.8 Å². The molecular weight excluding hydrogens is 460 g/mol. The minimum Gasteiger partial charge on any atom is -0.352 e. The first-order valence-electron chi connectivity index (χ1n) is 10.8. The van der Waals surface area contributed by atoms with Crippen molar-refractivity contribution in [3.63, 3.8) is 0 Å². The second-order valence-corrected chi connectivity index (χ2v) is 10.0. The van der Waals surface area contributed by atoms with Gasteiger partial charge in [-0.15, -0.1) is 0 Å². The molecule has 0 aromatic heterocycles. The van der Waals surface area contributed by atoms with Crippen molar-refractivity contribution in [3.05, 3.63) is 70.3 Å². The quantitative estimate of drug-likeness (QED) is 0.381. The van der Waals surface area contributed by atoms with Crippen LogP contribution >= 0.6 is 0 Å². The van der Waals surface area contributed by atoms with E-state index in [1.54, 1.807) is 19.1 Å². The Balaban J connectivity index is 2.45. The fraction of sp³-hybridized carbons (Fsp3) is 0.391. The van der Waals surface area contributed by atoms with Crippen LogP contribution in [-0.2, 0) is 26.2 Å². The minimum atomic E-state index is -3.97. The summed E-state index contributed by atoms with van der Waals surface area (Å²) in [6, 6.07) is 13.1. The number of nitro groups is 1. The van der Waals surface area contributed by atoms with Crippen LogP contribution in [0.4, 0.5) is 11.4 Å². The summed E-state index contributed by atoms with van der Waals surface area (Å²) in [5.74, 6) is -0.949. The average molecular weight is 491 g/mol. The zero-order valence-corrected chi connectivity index (χ0v) is 20.5. The lowest BCUT2D eigenvalue weighted by Gasteiger charge is -2.33. The molecule has 1 atom stereocenters. The van der Waals surface area contributed by atoms with Gasteiger partial charge in [0.05, 0.1) is 16.9 Å². The van der Waals surface area contributed by atoms with Crippen molar-refractivity contribution in [3.8, 4) is 0 Å². The molecule has 2 aromatic rings. The largest absolute Gasteiger partial charge is 0.352 e. The summed E-state index contributed by atoms with van der Waals surface area (Å²) in [5.41, 5.74) is 0.458. The third-order valence-corrected chi connectivity index (χ3v) is 6.16. The summed E-state index contributed by atoms with van der Waals surface area (Å²) in [4.78, 5) is 38.3. The maximum atomic E-state index is 13.5. The van der Waals surface area contributed by atoms with Gasteiger partial charge in [0.2, 0.25) is 21.8 Å². The smallest absolute Gasteiger partial charge is 0.271 e. The molecular formula is C23H30N4O6S. The van der Waals surface area contributed by atoms with Crippen molar-refractivity contribution in [1.82, 2.24) is 10.2 Å². The van der Waals surface area contributed by atoms with E-state index in [9.17, 15) is 28.1 Å². The fourth-order valence-electron chi connectivity index (χ4n) is 3.46. The van der Waals surface area contributed by atoms with Gasteiger partial charge in [0.1, 0.15) is 12.6 Å². The molecule has 0 aliphatic rings. The predicted molar refractivity (Wildman–Crippen MR) is 130 cm³/mol. The number of rotatable bonds is 11. The molecule has 0 aliphatic carbocycles. The third kappa shape index (κ3) is 7.27. The number of non-ortho nitro benzene ring substituents is 1. The Bertz CT molecular complexity index is 1120. The Morgan fingerprint density at radius 2 is 1.74 bits per heavy atom. The molecule has 0 radical (unpaired) electrons. The van der Waals surface area contributed by atoms with Gasteiger partial charge in [-0.05, 0) is 31.9 Å². The second kappa shape index (κ2) is 11.6. The van der Waals surface area contributed by atoms with Crippen molar-refractivity contribution >= 4 is 33.2 Å². The summed E-state index contributed by atoms with van der Waals surface area (Å²) in [5, 5.41) is 14.0. The number of hydrogen-bond donors (Lipinski definition) is 1. The summed E-state index contributed by atoms with van der Waals surface area (Å²) in [7, 11) is -3.97. The Morgan fingerprint density at radius 3 is 2.26 bits per heavy atom. The standard InChI is InChI=1S/C23H30N4O6S/c1-5-21(23(29)24-17(2)3)25(15-18-10-7-6-8-11-18)22(28)16-26(34(4,32)33)19-12-9-13-20(14-19)27(30)31/h6-14,17,21H,5,15-16H2,1-4H3,(H,24,29)/t21-/m1/s1. The van der Waals surface area contributed by atoms with E-state index in [0.29, 0.717) is 6.42 Å². The summed E-state index contributed by atoms with van der Waals surface area (Å²) < 4.78 is 25.9. The van der Waals surface area contributed by atoms with Gasteiger partial charge in [0.25, 0.3) is 5.69 Å². The van der Waals surface area contributed by atoms with E-state index >= 15 is 0 Å². The lowest BCUT2D eigenvalue weighted by atomic mass is 10.1. The van der Waals surface area contributed by atoms with Gasteiger partial charge >= 0.3 is 0 Å². The molecule has 2 amide bonds. The highest BCUT2D eigenvalue weighted by atomic mass is 32.2. The van der Waals surface area contributed by atoms with Gasteiger partial charge in [-0.1, -0.05) is 43.3 Å². The zero-order valence-electron chi connectivity index (χ0n) is 19.7. The average Bonchev–Trinajstić information content (AvgIpc) is 2.76. The van der Waals surface area contributed by atoms with Crippen molar-refractivity contribution in [2.75, 3.05) is 17.1 Å². The number of nitrogens with one attached hydrogen (secondary N) is 1. The Morgan fingerprint density at radius 1 is 1.09 bits per heavy atom. The molecule has 1 N–H and O–H groups in total. The zero-order chi connectivity index (χ0) is 25.5. The lowest BCUT2D eigenvalue weighted by Crippen LogP contribution is -2.53. The van der Waals surface area contributed by atoms with Crippen LogP contribution in [0.5, 0.6) is 0 Å². The van der Waals surface area contributed by atoms with Crippen molar-refractivity contribution < 1.29 is 22.9 Å². The minimum absolute atomic E-state index is 0.00982. The van der Waals surface area contributed by atoms with E-state index in [4.69, 9.17) is 0 Å². The van der Waals surface area contributed by atoms with Gasteiger partial charge in [-0.3, -0.25) is 24.0 Å².